The molecule has 6 nitrogen and oxygen atoms in total. The lowest BCUT2D eigenvalue weighted by atomic mass is 9.89. The second-order valence-electron chi connectivity index (χ2n) is 7.66. The number of fused-ring (bicyclic) bond motifs is 1. The van der Waals surface area contributed by atoms with Gasteiger partial charge in [0.05, 0.1) is 20.8 Å². The third-order valence-electron chi connectivity index (χ3n) is 6.14. The summed E-state index contributed by atoms with van der Waals surface area (Å²) >= 11 is 2.24. The summed E-state index contributed by atoms with van der Waals surface area (Å²) in [5, 5.41) is 10.6. The maximum absolute atomic E-state index is 13.2. The fourth-order valence-electron chi connectivity index (χ4n) is 4.65. The van der Waals surface area contributed by atoms with Crippen LogP contribution in [0.2, 0.25) is 0 Å². The summed E-state index contributed by atoms with van der Waals surface area (Å²) in [6.07, 6.45) is 0.841. The molecule has 0 radical (unpaired) electrons. The van der Waals surface area contributed by atoms with E-state index in [0.717, 1.165) is 34.2 Å². The van der Waals surface area contributed by atoms with Gasteiger partial charge in [0.15, 0.2) is 5.43 Å². The molecule has 0 saturated carbocycles. The van der Waals surface area contributed by atoms with Crippen molar-refractivity contribution in [3.63, 3.8) is 0 Å². The highest BCUT2D eigenvalue weighted by Gasteiger charge is 2.38. The van der Waals surface area contributed by atoms with Crippen LogP contribution in [0.25, 0.3) is 22.3 Å². The number of benzene rings is 2. The number of rotatable bonds is 6. The summed E-state index contributed by atoms with van der Waals surface area (Å²) in [5.74, 6) is 1.50. The van der Waals surface area contributed by atoms with E-state index in [-0.39, 0.29) is 24.0 Å². The Morgan fingerprint density at radius 3 is 2.61 bits per heavy atom. The van der Waals surface area contributed by atoms with Crippen molar-refractivity contribution in [1.29, 1.82) is 0 Å². The van der Waals surface area contributed by atoms with E-state index in [4.69, 9.17) is 13.9 Å². The highest BCUT2D eigenvalue weighted by atomic mass is 127. The molecule has 164 valence electrons. The van der Waals surface area contributed by atoms with Crippen molar-refractivity contribution in [3.8, 4) is 22.8 Å². The summed E-state index contributed by atoms with van der Waals surface area (Å²) < 4.78 is 18.7. The fourth-order valence-corrected chi connectivity index (χ4v) is 5.20. The number of hydrogen-bond donors (Lipinski definition) is 1. The first-order chi connectivity index (χ1) is 15.0. The molecule has 31 heavy (non-hydrogen) atoms. The summed E-state index contributed by atoms with van der Waals surface area (Å²) in [6.45, 7) is 3.82. The lowest BCUT2D eigenvalue weighted by molar-refractivity contribution is 0.155. The number of halogens is 1. The van der Waals surface area contributed by atoms with Crippen LogP contribution in [0.1, 0.15) is 24.8 Å². The molecule has 2 aromatic carbocycles. The fraction of sp³-hybridized carbons (Fsp3) is 0.375. The predicted molar refractivity (Wildman–Crippen MR) is 129 cm³/mol. The van der Waals surface area contributed by atoms with Crippen LogP contribution >= 0.6 is 22.6 Å². The molecule has 3 aromatic rings. The number of ether oxygens (including phenoxy) is 2. The summed E-state index contributed by atoms with van der Waals surface area (Å²) in [5.41, 5.74) is 1.96. The van der Waals surface area contributed by atoms with E-state index in [1.54, 1.807) is 13.2 Å². The first-order valence-electron chi connectivity index (χ1n) is 10.4. The maximum atomic E-state index is 13.2. The standard InChI is InChI=1S/C24H26INO5/c1-4-26-9-8-16(17(26)13-27)22-20(29-2)12-21(30-3)23-18(28)11-19(31-24(22)23)14-6-5-7-15(25)10-14/h5-7,10-12,16-17,27H,4,8-9,13H2,1-3H3. The van der Waals surface area contributed by atoms with Crippen LogP contribution in [0.5, 0.6) is 11.5 Å². The summed E-state index contributed by atoms with van der Waals surface area (Å²) in [7, 11) is 3.14. The van der Waals surface area contributed by atoms with E-state index in [9.17, 15) is 9.90 Å². The monoisotopic (exact) mass is 535 g/mol. The van der Waals surface area contributed by atoms with Gasteiger partial charge in [-0.1, -0.05) is 19.1 Å². The topological polar surface area (TPSA) is 72.1 Å². The molecule has 0 amide bonds. The molecular weight excluding hydrogens is 509 g/mol. The molecule has 0 aliphatic carbocycles. The highest BCUT2D eigenvalue weighted by molar-refractivity contribution is 14.1. The molecule has 1 fully saturated rings. The van der Waals surface area contributed by atoms with Crippen LogP contribution in [-0.4, -0.2) is 50.0 Å². The Hall–Kier alpha value is -2.10. The number of likely N-dealkylation sites (tertiary alicyclic amines) is 1. The molecule has 7 heteroatoms. The zero-order valence-corrected chi connectivity index (χ0v) is 20.0. The molecule has 2 heterocycles. The highest BCUT2D eigenvalue weighted by Crippen LogP contribution is 2.45. The van der Waals surface area contributed by atoms with E-state index < -0.39 is 0 Å². The van der Waals surface area contributed by atoms with Gasteiger partial charge in [-0.05, 0) is 54.2 Å². The van der Waals surface area contributed by atoms with Crippen molar-refractivity contribution < 1.29 is 19.0 Å². The van der Waals surface area contributed by atoms with E-state index in [1.807, 2.05) is 24.3 Å². The Labute approximate surface area is 194 Å². The third kappa shape index (κ3) is 3.94. The van der Waals surface area contributed by atoms with Gasteiger partial charge in [-0.3, -0.25) is 9.69 Å². The molecule has 2 atom stereocenters. The van der Waals surface area contributed by atoms with Gasteiger partial charge in [-0.2, -0.15) is 0 Å². The van der Waals surface area contributed by atoms with Crippen molar-refractivity contribution in [2.24, 2.45) is 0 Å². The van der Waals surface area contributed by atoms with Crippen molar-refractivity contribution in [3.05, 3.63) is 55.8 Å². The van der Waals surface area contributed by atoms with Crippen LogP contribution in [0.3, 0.4) is 0 Å². The van der Waals surface area contributed by atoms with Crippen molar-refractivity contribution in [2.45, 2.75) is 25.3 Å². The van der Waals surface area contributed by atoms with Crippen LogP contribution < -0.4 is 14.9 Å². The molecule has 1 N–H and O–H groups in total. The minimum Gasteiger partial charge on any atom is -0.496 e. The molecule has 0 bridgehead atoms. The Kier molecular flexibility index (Phi) is 6.55. The Morgan fingerprint density at radius 2 is 1.97 bits per heavy atom. The number of methoxy groups -OCH3 is 2. The average molecular weight is 535 g/mol. The molecule has 1 saturated heterocycles. The maximum Gasteiger partial charge on any atom is 0.197 e. The molecule has 4 rings (SSSR count). The number of aliphatic hydroxyl groups is 1. The number of hydrogen-bond acceptors (Lipinski definition) is 6. The Balaban J connectivity index is 2.03. The first kappa shape index (κ1) is 22.1. The Morgan fingerprint density at radius 1 is 1.19 bits per heavy atom. The summed E-state index contributed by atoms with van der Waals surface area (Å²) in [4.78, 5) is 15.5. The molecular formula is C24H26INO5. The van der Waals surface area contributed by atoms with Gasteiger partial charge >= 0.3 is 0 Å². The van der Waals surface area contributed by atoms with E-state index in [2.05, 4.69) is 34.4 Å². The minimum atomic E-state index is -0.165. The number of aliphatic hydroxyl groups excluding tert-OH is 1. The largest absolute Gasteiger partial charge is 0.496 e. The lowest BCUT2D eigenvalue weighted by Gasteiger charge is -2.27. The molecule has 0 spiro atoms. The second-order valence-corrected chi connectivity index (χ2v) is 8.90. The second kappa shape index (κ2) is 9.18. The number of nitrogens with zero attached hydrogens (tertiary/aromatic N) is 1. The normalized spacial score (nSPS) is 19.1. The minimum absolute atomic E-state index is 0.0238. The molecule has 1 aromatic heterocycles. The van der Waals surface area contributed by atoms with Gasteiger partial charge in [0.1, 0.15) is 28.2 Å². The first-order valence-corrected chi connectivity index (χ1v) is 11.4. The van der Waals surface area contributed by atoms with Crippen LogP contribution in [0.4, 0.5) is 0 Å². The molecule has 1 aliphatic rings. The van der Waals surface area contributed by atoms with Gasteiger partial charge in [-0.15, -0.1) is 0 Å². The van der Waals surface area contributed by atoms with Crippen molar-refractivity contribution >= 4 is 33.6 Å². The zero-order valence-electron chi connectivity index (χ0n) is 17.9. The van der Waals surface area contributed by atoms with Crippen molar-refractivity contribution in [2.75, 3.05) is 33.9 Å². The van der Waals surface area contributed by atoms with Gasteiger partial charge in [0.2, 0.25) is 0 Å². The third-order valence-corrected chi connectivity index (χ3v) is 6.81. The van der Waals surface area contributed by atoms with Crippen LogP contribution in [0.15, 0.2) is 45.6 Å². The van der Waals surface area contributed by atoms with Gasteiger partial charge in [0, 0.05) is 38.8 Å². The average Bonchev–Trinajstić information content (AvgIpc) is 3.20. The van der Waals surface area contributed by atoms with E-state index in [0.29, 0.717) is 28.2 Å². The lowest BCUT2D eigenvalue weighted by Crippen LogP contribution is -2.35. The summed E-state index contributed by atoms with van der Waals surface area (Å²) in [6, 6.07) is 11.0. The van der Waals surface area contributed by atoms with Crippen LogP contribution in [0, 0.1) is 3.57 Å². The van der Waals surface area contributed by atoms with Gasteiger partial charge in [-0.25, -0.2) is 0 Å². The SMILES string of the molecule is CCN1CCC(c2c(OC)cc(OC)c3c(=O)cc(-c4cccc(I)c4)oc23)C1CO. The van der Waals surface area contributed by atoms with Crippen LogP contribution in [-0.2, 0) is 0 Å². The Bertz CT molecular complexity index is 1160. The zero-order chi connectivity index (χ0) is 22.1. The van der Waals surface area contributed by atoms with E-state index >= 15 is 0 Å². The van der Waals surface area contributed by atoms with Gasteiger partial charge < -0.3 is 19.0 Å². The van der Waals surface area contributed by atoms with E-state index in [1.165, 1.54) is 13.2 Å². The smallest absolute Gasteiger partial charge is 0.197 e. The predicted octanol–water partition coefficient (Wildman–Crippen LogP) is 4.25. The van der Waals surface area contributed by atoms with Crippen molar-refractivity contribution in [1.82, 2.24) is 4.90 Å². The molecule has 2 unspecified atom stereocenters. The molecule has 1 aliphatic heterocycles. The quantitative estimate of drug-likeness (QED) is 0.476. The number of likely N-dealkylation sites (N-methyl/N-ethyl adjacent to an activating group) is 1. The van der Waals surface area contributed by atoms with Gasteiger partial charge in [0.25, 0.3) is 0 Å².